The second-order valence-electron chi connectivity index (χ2n) is 5.45. The Labute approximate surface area is 90.8 Å². The van der Waals surface area contributed by atoms with Crippen LogP contribution in [0.2, 0.25) is 0 Å². The van der Waals surface area contributed by atoms with Gasteiger partial charge in [0.05, 0.1) is 5.69 Å². The van der Waals surface area contributed by atoms with Crippen molar-refractivity contribution in [3.63, 3.8) is 0 Å². The summed E-state index contributed by atoms with van der Waals surface area (Å²) < 4.78 is 1.74. The summed E-state index contributed by atoms with van der Waals surface area (Å²) in [5, 5.41) is 8.07. The van der Waals surface area contributed by atoms with Gasteiger partial charge in [-0.1, -0.05) is 25.5 Å². The molecule has 0 saturated heterocycles. The highest BCUT2D eigenvalue weighted by atomic mass is 15.4. The number of hydrogen-bond acceptors (Lipinski definition) is 3. The normalized spacial score (nSPS) is 29.6. The number of aromatic nitrogens is 3. The zero-order chi connectivity index (χ0) is 11.1. The van der Waals surface area contributed by atoms with Crippen LogP contribution in [0.1, 0.15) is 38.8 Å². The Balaban J connectivity index is 2.17. The van der Waals surface area contributed by atoms with Crippen molar-refractivity contribution in [1.29, 1.82) is 0 Å². The molecule has 0 aliphatic heterocycles. The van der Waals surface area contributed by atoms with Crippen LogP contribution in [0.3, 0.4) is 0 Å². The third-order valence-corrected chi connectivity index (χ3v) is 3.92. The van der Waals surface area contributed by atoms with Gasteiger partial charge in [0.2, 0.25) is 0 Å². The number of nitrogens with two attached hydrogens (primary N) is 1. The maximum atomic E-state index is 6.50. The van der Waals surface area contributed by atoms with Crippen LogP contribution >= 0.6 is 0 Å². The van der Waals surface area contributed by atoms with Crippen molar-refractivity contribution in [3.05, 3.63) is 11.9 Å². The molecule has 1 fully saturated rings. The summed E-state index contributed by atoms with van der Waals surface area (Å²) in [4.78, 5) is 0. The van der Waals surface area contributed by atoms with Crippen molar-refractivity contribution >= 4 is 0 Å². The van der Waals surface area contributed by atoms with Crippen LogP contribution in [0.15, 0.2) is 6.20 Å². The molecular weight excluding hydrogens is 188 g/mol. The lowest BCUT2D eigenvalue weighted by atomic mass is 9.73. The number of rotatable bonds is 2. The van der Waals surface area contributed by atoms with Gasteiger partial charge in [-0.2, -0.15) is 0 Å². The molecule has 2 N–H and O–H groups in total. The van der Waals surface area contributed by atoms with Gasteiger partial charge in [0, 0.05) is 25.2 Å². The number of nitrogens with zero attached hydrogens (tertiary/aromatic N) is 3. The molecule has 0 bridgehead atoms. The smallest absolute Gasteiger partial charge is 0.0845 e. The van der Waals surface area contributed by atoms with Crippen LogP contribution in [-0.2, 0) is 13.5 Å². The van der Waals surface area contributed by atoms with E-state index in [4.69, 9.17) is 5.73 Å². The third kappa shape index (κ3) is 1.78. The number of aryl methyl sites for hydroxylation is 1. The molecular formula is C11H20N4. The van der Waals surface area contributed by atoms with Gasteiger partial charge in [-0.25, -0.2) is 0 Å². The Morgan fingerprint density at radius 1 is 1.47 bits per heavy atom. The van der Waals surface area contributed by atoms with E-state index in [1.54, 1.807) is 4.68 Å². The summed E-state index contributed by atoms with van der Waals surface area (Å²) >= 11 is 0. The largest absolute Gasteiger partial charge is 0.324 e. The molecule has 1 aliphatic rings. The van der Waals surface area contributed by atoms with Crippen molar-refractivity contribution in [2.75, 3.05) is 0 Å². The molecule has 2 rings (SSSR count). The second kappa shape index (κ2) is 3.30. The molecule has 4 nitrogen and oxygen atoms in total. The SMILES string of the molecule is Cn1cc(CC2(N)CCCC2(C)C)nn1. The minimum atomic E-state index is -0.108. The van der Waals surface area contributed by atoms with Crippen molar-refractivity contribution in [3.8, 4) is 0 Å². The molecule has 1 heterocycles. The molecule has 0 spiro atoms. The minimum Gasteiger partial charge on any atom is -0.324 e. The predicted molar refractivity (Wildman–Crippen MR) is 59.3 cm³/mol. The van der Waals surface area contributed by atoms with Crippen LogP contribution in [0.5, 0.6) is 0 Å². The highest BCUT2D eigenvalue weighted by molar-refractivity contribution is 5.10. The fraction of sp³-hybridized carbons (Fsp3) is 0.818. The van der Waals surface area contributed by atoms with Gasteiger partial charge < -0.3 is 5.73 Å². The van der Waals surface area contributed by atoms with E-state index in [1.807, 2.05) is 13.2 Å². The lowest BCUT2D eigenvalue weighted by Gasteiger charge is -2.37. The van der Waals surface area contributed by atoms with Crippen LogP contribution in [-0.4, -0.2) is 20.5 Å². The average Bonchev–Trinajstić information content (AvgIpc) is 2.59. The fourth-order valence-electron chi connectivity index (χ4n) is 2.56. The van der Waals surface area contributed by atoms with E-state index in [9.17, 15) is 0 Å². The number of hydrogen-bond donors (Lipinski definition) is 1. The van der Waals surface area contributed by atoms with Crippen molar-refractivity contribution in [2.45, 2.75) is 45.1 Å². The lowest BCUT2D eigenvalue weighted by molar-refractivity contribution is 0.205. The standard InChI is InChI=1S/C11H20N4/c1-10(2)5-4-6-11(10,12)7-9-8-15(3)14-13-9/h8H,4-7,12H2,1-3H3. The van der Waals surface area contributed by atoms with Crippen LogP contribution < -0.4 is 5.73 Å². The topological polar surface area (TPSA) is 56.7 Å². The van der Waals surface area contributed by atoms with E-state index in [0.717, 1.165) is 18.5 Å². The fourth-order valence-corrected chi connectivity index (χ4v) is 2.56. The molecule has 1 saturated carbocycles. The Kier molecular flexibility index (Phi) is 2.34. The van der Waals surface area contributed by atoms with Gasteiger partial charge in [-0.15, -0.1) is 5.10 Å². The molecule has 1 aliphatic carbocycles. The van der Waals surface area contributed by atoms with Gasteiger partial charge in [-0.3, -0.25) is 4.68 Å². The van der Waals surface area contributed by atoms with Crippen molar-refractivity contribution in [2.24, 2.45) is 18.2 Å². The van der Waals surface area contributed by atoms with Crippen LogP contribution in [0.4, 0.5) is 0 Å². The molecule has 0 radical (unpaired) electrons. The molecule has 1 atom stereocenters. The van der Waals surface area contributed by atoms with Gasteiger partial charge in [0.15, 0.2) is 0 Å². The van der Waals surface area contributed by atoms with E-state index in [1.165, 1.54) is 12.8 Å². The summed E-state index contributed by atoms with van der Waals surface area (Å²) in [7, 11) is 1.89. The molecule has 84 valence electrons. The molecule has 0 amide bonds. The molecule has 4 heteroatoms. The highest BCUT2D eigenvalue weighted by Crippen LogP contribution is 2.45. The first-order valence-electron chi connectivity index (χ1n) is 5.57. The van der Waals surface area contributed by atoms with Gasteiger partial charge in [-0.05, 0) is 18.3 Å². The summed E-state index contributed by atoms with van der Waals surface area (Å²) in [5.41, 5.74) is 7.62. The van der Waals surface area contributed by atoms with Crippen molar-refractivity contribution < 1.29 is 0 Å². The monoisotopic (exact) mass is 208 g/mol. The minimum absolute atomic E-state index is 0.108. The molecule has 1 aromatic rings. The van der Waals surface area contributed by atoms with Gasteiger partial charge in [0.1, 0.15) is 0 Å². The summed E-state index contributed by atoms with van der Waals surface area (Å²) in [6.07, 6.45) is 6.33. The predicted octanol–water partition coefficient (Wildman–Crippen LogP) is 1.27. The first-order valence-corrected chi connectivity index (χ1v) is 5.57. The summed E-state index contributed by atoms with van der Waals surface area (Å²) in [6, 6.07) is 0. The lowest BCUT2D eigenvalue weighted by Crippen LogP contribution is -2.50. The highest BCUT2D eigenvalue weighted by Gasteiger charge is 2.45. The molecule has 1 aromatic heterocycles. The Hall–Kier alpha value is -0.900. The Bertz CT molecular complexity index is 355. The third-order valence-electron chi connectivity index (χ3n) is 3.92. The van der Waals surface area contributed by atoms with E-state index in [-0.39, 0.29) is 11.0 Å². The summed E-state index contributed by atoms with van der Waals surface area (Å²) in [5.74, 6) is 0. The zero-order valence-corrected chi connectivity index (χ0v) is 9.82. The maximum absolute atomic E-state index is 6.50. The first-order chi connectivity index (χ1) is 6.93. The molecule has 0 aromatic carbocycles. The van der Waals surface area contributed by atoms with Gasteiger partial charge in [0.25, 0.3) is 0 Å². The quantitative estimate of drug-likeness (QED) is 0.796. The van der Waals surface area contributed by atoms with Gasteiger partial charge >= 0.3 is 0 Å². The average molecular weight is 208 g/mol. The Morgan fingerprint density at radius 3 is 2.67 bits per heavy atom. The summed E-state index contributed by atoms with van der Waals surface area (Å²) in [6.45, 7) is 4.52. The van der Waals surface area contributed by atoms with Crippen molar-refractivity contribution in [1.82, 2.24) is 15.0 Å². The van der Waals surface area contributed by atoms with E-state index in [2.05, 4.69) is 24.2 Å². The van der Waals surface area contributed by atoms with E-state index < -0.39 is 0 Å². The second-order valence-corrected chi connectivity index (χ2v) is 5.45. The zero-order valence-electron chi connectivity index (χ0n) is 9.82. The molecule has 15 heavy (non-hydrogen) atoms. The maximum Gasteiger partial charge on any atom is 0.0845 e. The molecule has 1 unspecified atom stereocenters. The first kappa shape index (κ1) is 10.6. The van der Waals surface area contributed by atoms with E-state index >= 15 is 0 Å². The van der Waals surface area contributed by atoms with E-state index in [0.29, 0.717) is 0 Å². The van der Waals surface area contributed by atoms with Crippen LogP contribution in [0, 0.1) is 5.41 Å². The Morgan fingerprint density at radius 2 is 2.20 bits per heavy atom. The van der Waals surface area contributed by atoms with Crippen LogP contribution in [0.25, 0.3) is 0 Å².